The van der Waals surface area contributed by atoms with Gasteiger partial charge in [-0.25, -0.2) is 0 Å². The molecule has 1 aromatic carbocycles. The van der Waals surface area contributed by atoms with E-state index in [4.69, 9.17) is 17.3 Å². The Balaban J connectivity index is 2.03. The van der Waals surface area contributed by atoms with Crippen LogP contribution in [-0.4, -0.2) is 29.9 Å². The number of carbonyl (C=O) groups is 1. The lowest BCUT2D eigenvalue weighted by Gasteiger charge is -2.16. The maximum absolute atomic E-state index is 12.0. The molecule has 1 aliphatic heterocycles. The molecule has 92 valence electrons. The number of likely N-dealkylation sites (tertiary alicyclic amines) is 1. The molecular formula is C12H14BrClN2O. The molecule has 2 rings (SSSR count). The molecule has 1 unspecified atom stereocenters. The average Bonchev–Trinajstić information content (AvgIpc) is 2.69. The van der Waals surface area contributed by atoms with Crippen LogP contribution in [0.15, 0.2) is 22.7 Å². The number of halogens is 2. The van der Waals surface area contributed by atoms with Gasteiger partial charge in [0.1, 0.15) is 0 Å². The first kappa shape index (κ1) is 12.9. The number of carbonyl (C=O) groups excluding carboxylic acids is 1. The molecule has 0 spiro atoms. The Bertz CT molecular complexity index is 439. The number of nitrogens with zero attached hydrogens (tertiary/aromatic N) is 1. The van der Waals surface area contributed by atoms with Crippen LogP contribution in [0, 0.1) is 0 Å². The Morgan fingerprint density at radius 2 is 2.35 bits per heavy atom. The highest BCUT2D eigenvalue weighted by Gasteiger charge is 2.23. The van der Waals surface area contributed by atoms with Crippen LogP contribution in [0.1, 0.15) is 12.0 Å². The van der Waals surface area contributed by atoms with E-state index in [0.29, 0.717) is 18.0 Å². The quantitative estimate of drug-likeness (QED) is 0.909. The van der Waals surface area contributed by atoms with Crippen molar-refractivity contribution in [2.45, 2.75) is 18.9 Å². The summed E-state index contributed by atoms with van der Waals surface area (Å²) in [6.45, 7) is 1.44. The highest BCUT2D eigenvalue weighted by atomic mass is 79.9. The molecule has 1 atom stereocenters. The van der Waals surface area contributed by atoms with E-state index in [2.05, 4.69) is 15.9 Å². The standard InChI is InChI=1S/C12H14BrClN2O/c13-11-6-9(14)2-1-8(11)5-12(17)16-4-3-10(15)7-16/h1-2,6,10H,3-5,7,15H2. The van der Waals surface area contributed by atoms with E-state index in [1.807, 2.05) is 11.0 Å². The highest BCUT2D eigenvalue weighted by molar-refractivity contribution is 9.10. The van der Waals surface area contributed by atoms with E-state index in [9.17, 15) is 4.79 Å². The van der Waals surface area contributed by atoms with Gasteiger partial charge in [-0.05, 0) is 24.1 Å². The fourth-order valence-corrected chi connectivity index (χ4v) is 2.78. The summed E-state index contributed by atoms with van der Waals surface area (Å²) in [5, 5.41) is 0.663. The van der Waals surface area contributed by atoms with Crippen LogP contribution in [0.4, 0.5) is 0 Å². The molecule has 1 heterocycles. The lowest BCUT2D eigenvalue weighted by Crippen LogP contribution is -2.32. The molecule has 1 aromatic rings. The van der Waals surface area contributed by atoms with Gasteiger partial charge in [-0.15, -0.1) is 0 Å². The number of hydrogen-bond acceptors (Lipinski definition) is 2. The summed E-state index contributed by atoms with van der Waals surface area (Å²) in [6.07, 6.45) is 1.29. The zero-order valence-corrected chi connectivity index (χ0v) is 11.7. The van der Waals surface area contributed by atoms with Crippen molar-refractivity contribution in [1.29, 1.82) is 0 Å². The molecule has 3 nitrogen and oxygen atoms in total. The second kappa shape index (κ2) is 5.38. The van der Waals surface area contributed by atoms with Crippen LogP contribution >= 0.6 is 27.5 Å². The minimum absolute atomic E-state index is 0.126. The van der Waals surface area contributed by atoms with Crippen molar-refractivity contribution in [2.75, 3.05) is 13.1 Å². The Morgan fingerprint density at radius 1 is 1.59 bits per heavy atom. The van der Waals surface area contributed by atoms with Gasteiger partial charge in [0.2, 0.25) is 5.91 Å². The molecule has 1 amide bonds. The largest absolute Gasteiger partial charge is 0.341 e. The second-order valence-electron chi connectivity index (χ2n) is 4.30. The Labute approximate surface area is 114 Å². The summed E-state index contributed by atoms with van der Waals surface area (Å²) in [6, 6.07) is 5.61. The Hall–Kier alpha value is -0.580. The SMILES string of the molecule is NC1CCN(C(=O)Cc2ccc(Cl)cc2Br)C1. The molecule has 2 N–H and O–H groups in total. The third-order valence-corrected chi connectivity index (χ3v) is 3.91. The molecule has 1 saturated heterocycles. The molecule has 0 saturated carbocycles. The first-order chi connectivity index (χ1) is 8.06. The zero-order chi connectivity index (χ0) is 12.4. The van der Waals surface area contributed by atoms with Crippen molar-refractivity contribution >= 4 is 33.4 Å². The summed E-state index contributed by atoms with van der Waals surface area (Å²) in [5.41, 5.74) is 6.74. The molecule has 0 radical (unpaired) electrons. The van der Waals surface area contributed by atoms with Crippen LogP contribution in [-0.2, 0) is 11.2 Å². The highest BCUT2D eigenvalue weighted by Crippen LogP contribution is 2.22. The van der Waals surface area contributed by atoms with Gasteiger partial charge < -0.3 is 10.6 Å². The van der Waals surface area contributed by atoms with E-state index in [1.54, 1.807) is 12.1 Å². The number of hydrogen-bond donors (Lipinski definition) is 1. The molecule has 1 aliphatic rings. The van der Waals surface area contributed by atoms with Crippen molar-refractivity contribution in [3.8, 4) is 0 Å². The summed E-state index contributed by atoms with van der Waals surface area (Å²) < 4.78 is 0.877. The van der Waals surface area contributed by atoms with Crippen molar-refractivity contribution in [2.24, 2.45) is 5.73 Å². The molecule has 0 aliphatic carbocycles. The normalized spacial score (nSPS) is 19.7. The van der Waals surface area contributed by atoms with Crippen LogP contribution in [0.3, 0.4) is 0 Å². The van der Waals surface area contributed by atoms with E-state index in [1.165, 1.54) is 0 Å². The minimum atomic E-state index is 0.126. The van der Waals surface area contributed by atoms with Crippen molar-refractivity contribution in [3.05, 3.63) is 33.3 Å². The molecule has 5 heteroatoms. The van der Waals surface area contributed by atoms with Gasteiger partial charge in [0.15, 0.2) is 0 Å². The Morgan fingerprint density at radius 3 is 2.94 bits per heavy atom. The van der Waals surface area contributed by atoms with Gasteiger partial charge in [-0.3, -0.25) is 4.79 Å². The fraction of sp³-hybridized carbons (Fsp3) is 0.417. The number of amides is 1. The first-order valence-corrected chi connectivity index (χ1v) is 6.70. The number of rotatable bonds is 2. The Kier molecular flexibility index (Phi) is 4.07. The van der Waals surface area contributed by atoms with E-state index < -0.39 is 0 Å². The topological polar surface area (TPSA) is 46.3 Å². The van der Waals surface area contributed by atoms with E-state index in [0.717, 1.165) is 23.0 Å². The lowest BCUT2D eigenvalue weighted by molar-refractivity contribution is -0.129. The van der Waals surface area contributed by atoms with Crippen LogP contribution in [0.25, 0.3) is 0 Å². The molecule has 17 heavy (non-hydrogen) atoms. The molecule has 1 fully saturated rings. The number of benzene rings is 1. The molecule has 0 aromatic heterocycles. The van der Waals surface area contributed by atoms with Crippen LogP contribution in [0.2, 0.25) is 5.02 Å². The van der Waals surface area contributed by atoms with Crippen LogP contribution < -0.4 is 5.73 Å². The summed E-state index contributed by atoms with van der Waals surface area (Å²) in [7, 11) is 0. The summed E-state index contributed by atoms with van der Waals surface area (Å²) >= 11 is 9.27. The maximum Gasteiger partial charge on any atom is 0.227 e. The molecule has 0 bridgehead atoms. The fourth-order valence-electron chi connectivity index (χ4n) is 1.95. The predicted octanol–water partition coefficient (Wildman–Crippen LogP) is 2.20. The molecular weight excluding hydrogens is 304 g/mol. The third-order valence-electron chi connectivity index (χ3n) is 2.93. The van der Waals surface area contributed by atoms with Gasteiger partial charge >= 0.3 is 0 Å². The predicted molar refractivity (Wildman–Crippen MR) is 72.0 cm³/mol. The van der Waals surface area contributed by atoms with Gasteiger partial charge in [0.25, 0.3) is 0 Å². The summed E-state index contributed by atoms with van der Waals surface area (Å²) in [5.74, 6) is 0.126. The first-order valence-electron chi connectivity index (χ1n) is 5.53. The second-order valence-corrected chi connectivity index (χ2v) is 5.59. The van der Waals surface area contributed by atoms with Gasteiger partial charge in [0.05, 0.1) is 6.42 Å². The van der Waals surface area contributed by atoms with Gasteiger partial charge in [-0.1, -0.05) is 33.6 Å². The third kappa shape index (κ3) is 3.21. The minimum Gasteiger partial charge on any atom is -0.341 e. The van der Waals surface area contributed by atoms with Crippen molar-refractivity contribution in [1.82, 2.24) is 4.90 Å². The monoisotopic (exact) mass is 316 g/mol. The smallest absolute Gasteiger partial charge is 0.227 e. The van der Waals surface area contributed by atoms with Crippen LogP contribution in [0.5, 0.6) is 0 Å². The zero-order valence-electron chi connectivity index (χ0n) is 9.33. The van der Waals surface area contributed by atoms with Gasteiger partial charge in [-0.2, -0.15) is 0 Å². The van der Waals surface area contributed by atoms with E-state index >= 15 is 0 Å². The lowest BCUT2D eigenvalue weighted by atomic mass is 10.1. The van der Waals surface area contributed by atoms with Crippen molar-refractivity contribution in [3.63, 3.8) is 0 Å². The number of nitrogens with two attached hydrogens (primary N) is 1. The maximum atomic E-state index is 12.0. The van der Waals surface area contributed by atoms with E-state index in [-0.39, 0.29) is 11.9 Å². The average molecular weight is 318 g/mol. The van der Waals surface area contributed by atoms with Crippen molar-refractivity contribution < 1.29 is 4.79 Å². The van der Waals surface area contributed by atoms with Gasteiger partial charge in [0, 0.05) is 28.6 Å². The summed E-state index contributed by atoms with van der Waals surface area (Å²) in [4.78, 5) is 13.8.